The van der Waals surface area contributed by atoms with Gasteiger partial charge in [0, 0.05) is 12.8 Å². The zero-order valence-corrected chi connectivity index (χ0v) is 40.7. The number of rotatable bonds is 44. The molecular formula is C47H86O14P2. The van der Waals surface area contributed by atoms with Crippen molar-refractivity contribution in [3.8, 4) is 0 Å². The zero-order valence-electron chi connectivity index (χ0n) is 38.9. The number of carbonyl (C=O) groups excluding carboxylic acids is 2. The Balaban J connectivity index is 4.54. The standard InChI is InChI=1S/C47H86O14P2/c1-42(2)34-30-26-22-18-14-10-6-4-8-12-16-20-24-28-32-36-46(50)57-40-45(41-60-63(55,56)59-39-44(49)38-58-62(52,53)54)61-47(51)37-33-29-25-21-17-13-9-5-7-11-15-19-23-27-31-35-43(3)48/h7,9,11,13,19,21,23,25,42-45,48-49H,4-6,8,10,12,14-18,20,22,24,26-41H2,1-3H3,(H,55,56)(H2,52,53,54)/b11-7-,13-9-,23-19-,25-21-/t43-,44-,45+/m0/s1. The monoisotopic (exact) mass is 937 g/mol. The van der Waals surface area contributed by atoms with E-state index in [-0.39, 0.29) is 18.9 Å². The lowest BCUT2D eigenvalue weighted by molar-refractivity contribution is -0.161. The molecule has 0 aromatic rings. The maximum atomic E-state index is 12.7. The van der Waals surface area contributed by atoms with Crippen LogP contribution in [0.25, 0.3) is 0 Å². The summed E-state index contributed by atoms with van der Waals surface area (Å²) >= 11 is 0. The molecule has 14 nitrogen and oxygen atoms in total. The van der Waals surface area contributed by atoms with Gasteiger partial charge in [-0.2, -0.15) is 0 Å². The molecule has 368 valence electrons. The summed E-state index contributed by atoms with van der Waals surface area (Å²) in [5.74, 6) is -0.296. The molecule has 0 saturated carbocycles. The summed E-state index contributed by atoms with van der Waals surface area (Å²) in [7, 11) is -9.71. The second-order valence-corrected chi connectivity index (χ2v) is 19.5. The van der Waals surface area contributed by atoms with Crippen molar-refractivity contribution in [1.82, 2.24) is 0 Å². The molecule has 0 rings (SSSR count). The van der Waals surface area contributed by atoms with Crippen LogP contribution < -0.4 is 0 Å². The Morgan fingerprint density at radius 1 is 0.492 bits per heavy atom. The molecule has 0 aliphatic carbocycles. The molecule has 0 saturated heterocycles. The number of aliphatic hydroxyl groups excluding tert-OH is 2. The van der Waals surface area contributed by atoms with Crippen LogP contribution in [0, 0.1) is 5.92 Å². The van der Waals surface area contributed by atoms with Gasteiger partial charge >= 0.3 is 27.6 Å². The van der Waals surface area contributed by atoms with Crippen LogP contribution in [0.15, 0.2) is 48.6 Å². The molecule has 4 atom stereocenters. The first-order valence-corrected chi connectivity index (χ1v) is 26.7. The van der Waals surface area contributed by atoms with E-state index in [0.29, 0.717) is 19.3 Å². The van der Waals surface area contributed by atoms with Crippen molar-refractivity contribution in [2.45, 2.75) is 206 Å². The summed E-state index contributed by atoms with van der Waals surface area (Å²) in [5.41, 5.74) is 0. The van der Waals surface area contributed by atoms with Crippen molar-refractivity contribution >= 4 is 27.6 Å². The van der Waals surface area contributed by atoms with Gasteiger partial charge in [0.15, 0.2) is 6.10 Å². The quantitative estimate of drug-likeness (QED) is 0.0166. The van der Waals surface area contributed by atoms with Crippen molar-refractivity contribution < 1.29 is 66.7 Å². The second kappa shape index (κ2) is 41.5. The van der Waals surface area contributed by atoms with E-state index in [1.54, 1.807) is 6.92 Å². The number of phosphoric acid groups is 2. The van der Waals surface area contributed by atoms with Crippen molar-refractivity contribution in [1.29, 1.82) is 0 Å². The van der Waals surface area contributed by atoms with Crippen LogP contribution in [0.4, 0.5) is 0 Å². The Labute approximate surface area is 380 Å². The number of unbranched alkanes of at least 4 members (excludes halogenated alkanes) is 16. The molecule has 0 aliphatic heterocycles. The maximum Gasteiger partial charge on any atom is 0.472 e. The molecule has 63 heavy (non-hydrogen) atoms. The van der Waals surface area contributed by atoms with Crippen LogP contribution in [0.3, 0.4) is 0 Å². The van der Waals surface area contributed by atoms with Crippen molar-refractivity contribution in [3.63, 3.8) is 0 Å². The van der Waals surface area contributed by atoms with Gasteiger partial charge in [-0.3, -0.25) is 23.2 Å². The first-order chi connectivity index (χ1) is 30.1. The highest BCUT2D eigenvalue weighted by molar-refractivity contribution is 7.47. The van der Waals surface area contributed by atoms with Gasteiger partial charge in [0.1, 0.15) is 12.7 Å². The highest BCUT2D eigenvalue weighted by Crippen LogP contribution is 2.43. The molecular weight excluding hydrogens is 850 g/mol. The molecule has 16 heteroatoms. The molecule has 0 radical (unpaired) electrons. The van der Waals surface area contributed by atoms with Crippen LogP contribution in [0.1, 0.15) is 188 Å². The van der Waals surface area contributed by atoms with Crippen LogP contribution in [-0.4, -0.2) is 81.6 Å². The highest BCUT2D eigenvalue weighted by Gasteiger charge is 2.28. The van der Waals surface area contributed by atoms with Crippen molar-refractivity contribution in [2.75, 3.05) is 26.4 Å². The predicted octanol–water partition coefficient (Wildman–Crippen LogP) is 11.4. The lowest BCUT2D eigenvalue weighted by Gasteiger charge is -2.20. The summed E-state index contributed by atoms with van der Waals surface area (Å²) in [6, 6.07) is 0. The number of phosphoric ester groups is 2. The molecule has 0 amide bonds. The first-order valence-electron chi connectivity index (χ1n) is 23.7. The van der Waals surface area contributed by atoms with Gasteiger partial charge in [-0.1, -0.05) is 159 Å². The highest BCUT2D eigenvalue weighted by atomic mass is 31.2. The van der Waals surface area contributed by atoms with E-state index < -0.39 is 66.2 Å². The minimum Gasteiger partial charge on any atom is -0.462 e. The molecule has 1 unspecified atom stereocenters. The van der Waals surface area contributed by atoms with Crippen LogP contribution in [0.2, 0.25) is 0 Å². The Kier molecular flexibility index (Phi) is 40.2. The van der Waals surface area contributed by atoms with Crippen LogP contribution >= 0.6 is 15.6 Å². The average molecular weight is 937 g/mol. The number of ether oxygens (including phenoxy) is 2. The number of carbonyl (C=O) groups is 2. The van der Waals surface area contributed by atoms with Crippen LogP contribution in [0.5, 0.6) is 0 Å². The van der Waals surface area contributed by atoms with Gasteiger partial charge in [-0.05, 0) is 70.6 Å². The normalized spacial score (nSPS) is 14.9. The van der Waals surface area contributed by atoms with E-state index >= 15 is 0 Å². The number of allylic oxidation sites excluding steroid dienone is 8. The fourth-order valence-corrected chi connectivity index (χ4v) is 7.47. The minimum atomic E-state index is -4.87. The van der Waals surface area contributed by atoms with Crippen molar-refractivity contribution in [3.05, 3.63) is 48.6 Å². The lowest BCUT2D eigenvalue weighted by Crippen LogP contribution is -2.29. The molecule has 5 N–H and O–H groups in total. The zero-order chi connectivity index (χ0) is 46.9. The molecule has 0 aliphatic rings. The molecule has 0 spiro atoms. The van der Waals surface area contributed by atoms with E-state index in [1.165, 1.54) is 77.0 Å². The molecule has 0 aromatic carbocycles. The molecule has 0 fully saturated rings. The maximum absolute atomic E-state index is 12.7. The molecule has 0 aromatic heterocycles. The van der Waals surface area contributed by atoms with E-state index in [0.717, 1.165) is 63.7 Å². The average Bonchev–Trinajstić information content (AvgIpc) is 3.22. The summed E-state index contributed by atoms with van der Waals surface area (Å²) in [5, 5.41) is 19.0. The van der Waals surface area contributed by atoms with E-state index in [9.17, 15) is 33.8 Å². The number of hydrogen-bond donors (Lipinski definition) is 5. The third kappa shape index (κ3) is 47.8. The van der Waals surface area contributed by atoms with Gasteiger partial charge in [-0.15, -0.1) is 0 Å². The minimum absolute atomic E-state index is 0.0439. The first kappa shape index (κ1) is 61.0. The summed E-state index contributed by atoms with van der Waals surface area (Å²) < 4.78 is 47.8. The second-order valence-electron chi connectivity index (χ2n) is 16.8. The number of aliphatic hydroxyl groups is 2. The van der Waals surface area contributed by atoms with E-state index in [4.69, 9.17) is 23.8 Å². The van der Waals surface area contributed by atoms with Crippen molar-refractivity contribution in [2.24, 2.45) is 5.92 Å². The van der Waals surface area contributed by atoms with Gasteiger partial charge in [0.25, 0.3) is 0 Å². The summed E-state index contributed by atoms with van der Waals surface area (Å²) in [6.45, 7) is 3.60. The fourth-order valence-electron chi connectivity index (χ4n) is 6.31. The SMILES string of the molecule is CC(C)CCCCCCCCCCCCCCCCCC(=O)OC[C@H](COP(=O)(O)OC[C@@H](O)COP(=O)(O)O)OC(=O)CCC/C=C\C/C=C\C/C=C\C/C=C\CCC[C@H](C)O. The predicted molar refractivity (Wildman–Crippen MR) is 250 cm³/mol. The topological polar surface area (TPSA) is 216 Å². The van der Waals surface area contributed by atoms with E-state index in [1.807, 2.05) is 12.2 Å². The lowest BCUT2D eigenvalue weighted by atomic mass is 10.0. The van der Waals surface area contributed by atoms with E-state index in [2.05, 4.69) is 59.4 Å². The smallest absolute Gasteiger partial charge is 0.462 e. The molecule has 0 heterocycles. The Morgan fingerprint density at radius 3 is 1.41 bits per heavy atom. The number of esters is 2. The Hall–Kier alpha value is -1.96. The Bertz CT molecular complexity index is 1330. The summed E-state index contributed by atoms with van der Waals surface area (Å²) in [4.78, 5) is 52.8. The molecule has 0 bridgehead atoms. The van der Waals surface area contributed by atoms with Gasteiger partial charge in [0.05, 0.1) is 25.9 Å². The van der Waals surface area contributed by atoms with Gasteiger partial charge in [0.2, 0.25) is 0 Å². The van der Waals surface area contributed by atoms with Crippen LogP contribution in [-0.2, 0) is 41.8 Å². The fraction of sp³-hybridized carbons (Fsp3) is 0.787. The Morgan fingerprint density at radius 2 is 0.921 bits per heavy atom. The van der Waals surface area contributed by atoms with Gasteiger partial charge in [-0.25, -0.2) is 9.13 Å². The summed E-state index contributed by atoms with van der Waals surface area (Å²) in [6.07, 6.45) is 39.6. The third-order valence-corrected chi connectivity index (χ3v) is 11.3. The van der Waals surface area contributed by atoms with Gasteiger partial charge < -0.3 is 34.4 Å². The number of hydrogen-bond acceptors (Lipinski definition) is 11. The third-order valence-electron chi connectivity index (χ3n) is 9.91. The largest absolute Gasteiger partial charge is 0.472 e.